The molecule has 2 amide bonds. The van der Waals surface area contributed by atoms with E-state index in [0.29, 0.717) is 12.1 Å². The standard InChI is InChI=1S/C24H25FN4O3/c1-5-12-29-15(3)20(21(26-24(29)30)16-8-6-14(2)7-9-16)23-27-22(28-32-23)17-10-11-19(31-4)18(25)13-17/h6-11,13,21H,5,12H2,1-4H3,(H,26,30). The molecule has 3 aromatic rings. The minimum atomic E-state index is -0.511. The predicted octanol–water partition coefficient (Wildman–Crippen LogP) is 5.10. The first kappa shape index (κ1) is 21.5. The number of urea groups is 1. The van der Waals surface area contributed by atoms with Crippen LogP contribution in [0.4, 0.5) is 9.18 Å². The van der Waals surface area contributed by atoms with Crippen molar-refractivity contribution in [3.05, 3.63) is 71.0 Å². The lowest BCUT2D eigenvalue weighted by Crippen LogP contribution is -2.46. The Morgan fingerprint density at radius 2 is 1.94 bits per heavy atom. The van der Waals surface area contributed by atoms with Crippen molar-refractivity contribution in [2.75, 3.05) is 13.7 Å². The summed E-state index contributed by atoms with van der Waals surface area (Å²) in [7, 11) is 1.41. The summed E-state index contributed by atoms with van der Waals surface area (Å²) < 4.78 is 24.8. The van der Waals surface area contributed by atoms with Gasteiger partial charge in [-0.15, -0.1) is 0 Å². The summed E-state index contributed by atoms with van der Waals surface area (Å²) in [5.74, 6) is 0.160. The summed E-state index contributed by atoms with van der Waals surface area (Å²) in [6, 6.07) is 11.8. The number of carbonyl (C=O) groups excluding carboxylic acids is 1. The fourth-order valence-electron chi connectivity index (χ4n) is 3.82. The molecule has 1 unspecified atom stereocenters. The molecule has 2 aromatic carbocycles. The monoisotopic (exact) mass is 436 g/mol. The topological polar surface area (TPSA) is 80.5 Å². The van der Waals surface area contributed by atoms with Crippen molar-refractivity contribution in [3.63, 3.8) is 0 Å². The van der Waals surface area contributed by atoms with Crippen LogP contribution in [0, 0.1) is 12.7 Å². The van der Waals surface area contributed by atoms with Gasteiger partial charge in [0.15, 0.2) is 11.6 Å². The summed E-state index contributed by atoms with van der Waals surface area (Å²) in [5, 5.41) is 7.13. The maximum atomic E-state index is 14.2. The van der Waals surface area contributed by atoms with Gasteiger partial charge < -0.3 is 14.6 Å². The largest absolute Gasteiger partial charge is 0.494 e. The van der Waals surface area contributed by atoms with Crippen LogP contribution in [0.25, 0.3) is 17.0 Å². The molecule has 0 radical (unpaired) electrons. The first-order valence-corrected chi connectivity index (χ1v) is 10.5. The van der Waals surface area contributed by atoms with E-state index in [0.717, 1.165) is 28.8 Å². The summed E-state index contributed by atoms with van der Waals surface area (Å²) >= 11 is 0. The molecule has 166 valence electrons. The SMILES string of the molecule is CCCN1C(=O)NC(c2ccc(C)cc2)C(c2nc(-c3ccc(OC)c(F)c3)no2)=C1C. The van der Waals surface area contributed by atoms with Crippen molar-refractivity contribution in [1.29, 1.82) is 0 Å². The normalized spacial score (nSPS) is 16.3. The zero-order valence-electron chi connectivity index (χ0n) is 18.5. The van der Waals surface area contributed by atoms with E-state index in [9.17, 15) is 9.18 Å². The van der Waals surface area contributed by atoms with Gasteiger partial charge in [-0.25, -0.2) is 9.18 Å². The first-order chi connectivity index (χ1) is 15.4. The summed E-state index contributed by atoms with van der Waals surface area (Å²) in [6.45, 7) is 6.45. The average Bonchev–Trinajstić information content (AvgIpc) is 3.26. The minimum Gasteiger partial charge on any atom is -0.494 e. The molecule has 0 aliphatic carbocycles. The predicted molar refractivity (Wildman–Crippen MR) is 118 cm³/mol. The van der Waals surface area contributed by atoms with E-state index in [1.54, 1.807) is 11.0 Å². The van der Waals surface area contributed by atoms with Gasteiger partial charge >= 0.3 is 6.03 Å². The molecular weight excluding hydrogens is 411 g/mol. The van der Waals surface area contributed by atoms with Gasteiger partial charge in [0.25, 0.3) is 5.89 Å². The second-order valence-electron chi connectivity index (χ2n) is 7.72. The number of benzene rings is 2. The summed E-state index contributed by atoms with van der Waals surface area (Å²) in [6.07, 6.45) is 0.799. The lowest BCUT2D eigenvalue weighted by Gasteiger charge is -2.35. The van der Waals surface area contributed by atoms with E-state index in [2.05, 4.69) is 15.5 Å². The fraction of sp³-hybridized carbons (Fsp3) is 0.292. The highest BCUT2D eigenvalue weighted by Crippen LogP contribution is 2.37. The zero-order chi connectivity index (χ0) is 22.8. The lowest BCUT2D eigenvalue weighted by atomic mass is 9.94. The number of aromatic nitrogens is 2. The maximum Gasteiger partial charge on any atom is 0.322 e. The van der Waals surface area contributed by atoms with Crippen LogP contribution in [-0.2, 0) is 0 Å². The number of nitrogens with one attached hydrogen (secondary N) is 1. The molecule has 1 aromatic heterocycles. The third-order valence-electron chi connectivity index (χ3n) is 5.52. The van der Waals surface area contributed by atoms with E-state index in [1.807, 2.05) is 45.0 Å². The van der Waals surface area contributed by atoms with Crippen molar-refractivity contribution < 1.29 is 18.4 Å². The van der Waals surface area contributed by atoms with Gasteiger partial charge in [-0.3, -0.25) is 4.90 Å². The van der Waals surface area contributed by atoms with E-state index < -0.39 is 11.9 Å². The molecular formula is C24H25FN4O3. The Hall–Kier alpha value is -3.68. The van der Waals surface area contributed by atoms with Gasteiger partial charge in [-0.1, -0.05) is 41.9 Å². The fourth-order valence-corrected chi connectivity index (χ4v) is 3.82. The van der Waals surface area contributed by atoms with Crippen LogP contribution in [0.15, 0.2) is 52.7 Å². The number of rotatable bonds is 6. The Morgan fingerprint density at radius 3 is 2.59 bits per heavy atom. The number of halogens is 1. The van der Waals surface area contributed by atoms with Gasteiger partial charge in [0.2, 0.25) is 5.82 Å². The summed E-state index contributed by atoms with van der Waals surface area (Å²) in [5.41, 5.74) is 3.96. The average molecular weight is 436 g/mol. The van der Waals surface area contributed by atoms with Gasteiger partial charge in [-0.2, -0.15) is 4.98 Å². The molecule has 0 saturated heterocycles. The first-order valence-electron chi connectivity index (χ1n) is 10.5. The van der Waals surface area contributed by atoms with Gasteiger partial charge in [0.1, 0.15) is 0 Å². The second-order valence-corrected chi connectivity index (χ2v) is 7.72. The number of nitrogens with zero attached hydrogens (tertiary/aromatic N) is 3. The Bertz CT molecular complexity index is 1170. The number of ether oxygens (including phenoxy) is 1. The summed E-state index contributed by atoms with van der Waals surface area (Å²) in [4.78, 5) is 19.0. The number of aryl methyl sites for hydroxylation is 1. The molecule has 1 N–H and O–H groups in total. The number of carbonyl (C=O) groups is 1. The van der Waals surface area contributed by atoms with Crippen LogP contribution < -0.4 is 10.1 Å². The number of allylic oxidation sites excluding steroid dienone is 1. The van der Waals surface area contributed by atoms with Crippen molar-refractivity contribution >= 4 is 11.6 Å². The van der Waals surface area contributed by atoms with Crippen molar-refractivity contribution in [1.82, 2.24) is 20.4 Å². The maximum absolute atomic E-state index is 14.2. The molecule has 0 saturated carbocycles. The Labute approximate surface area is 185 Å². The van der Waals surface area contributed by atoms with E-state index in [1.165, 1.54) is 19.2 Å². The number of methoxy groups -OCH3 is 1. The van der Waals surface area contributed by atoms with E-state index in [-0.39, 0.29) is 23.5 Å². The number of hydrogen-bond acceptors (Lipinski definition) is 5. The van der Waals surface area contributed by atoms with Crippen LogP contribution in [0.3, 0.4) is 0 Å². The van der Waals surface area contributed by atoms with Crippen LogP contribution in [0.1, 0.15) is 43.3 Å². The molecule has 4 rings (SSSR count). The quantitative estimate of drug-likeness (QED) is 0.581. The Balaban J connectivity index is 1.79. The van der Waals surface area contributed by atoms with Crippen molar-refractivity contribution in [3.8, 4) is 17.1 Å². The molecule has 0 bridgehead atoms. The molecule has 0 fully saturated rings. The lowest BCUT2D eigenvalue weighted by molar-refractivity contribution is 0.205. The van der Waals surface area contributed by atoms with E-state index in [4.69, 9.17) is 9.26 Å². The van der Waals surface area contributed by atoms with Crippen LogP contribution >= 0.6 is 0 Å². The minimum absolute atomic E-state index is 0.139. The molecule has 32 heavy (non-hydrogen) atoms. The molecule has 7 nitrogen and oxygen atoms in total. The van der Waals surface area contributed by atoms with Gasteiger partial charge in [0, 0.05) is 17.8 Å². The van der Waals surface area contributed by atoms with Gasteiger partial charge in [-0.05, 0) is 44.0 Å². The third-order valence-corrected chi connectivity index (χ3v) is 5.52. The highest BCUT2D eigenvalue weighted by molar-refractivity contribution is 5.86. The molecule has 8 heteroatoms. The molecule has 2 heterocycles. The van der Waals surface area contributed by atoms with Crippen molar-refractivity contribution in [2.45, 2.75) is 33.2 Å². The molecule has 1 aliphatic rings. The molecule has 1 aliphatic heterocycles. The highest BCUT2D eigenvalue weighted by atomic mass is 19.1. The number of hydrogen-bond donors (Lipinski definition) is 1. The highest BCUT2D eigenvalue weighted by Gasteiger charge is 2.35. The zero-order valence-corrected chi connectivity index (χ0v) is 18.5. The van der Waals surface area contributed by atoms with E-state index >= 15 is 0 Å². The third kappa shape index (κ3) is 3.95. The van der Waals surface area contributed by atoms with Gasteiger partial charge in [0.05, 0.1) is 18.7 Å². The number of amides is 2. The van der Waals surface area contributed by atoms with Crippen LogP contribution in [0.2, 0.25) is 0 Å². The smallest absolute Gasteiger partial charge is 0.322 e. The van der Waals surface area contributed by atoms with Crippen LogP contribution in [-0.4, -0.2) is 34.7 Å². The molecule has 0 spiro atoms. The molecule has 1 atom stereocenters. The van der Waals surface area contributed by atoms with Crippen LogP contribution in [0.5, 0.6) is 5.75 Å². The Kier molecular flexibility index (Phi) is 5.94. The second kappa shape index (κ2) is 8.82. The Morgan fingerprint density at radius 1 is 1.19 bits per heavy atom. The van der Waals surface area contributed by atoms with Crippen molar-refractivity contribution in [2.24, 2.45) is 0 Å².